The molecule has 0 saturated carbocycles. The fourth-order valence-electron chi connectivity index (χ4n) is 0.807. The van der Waals surface area contributed by atoms with E-state index in [0.717, 1.165) is 4.68 Å². The average Bonchev–Trinajstić information content (AvgIpc) is 2.45. The number of hydrogen-bond donors (Lipinski definition) is 0. The number of aryl methyl sites for hydroxylation is 2. The number of carbonyl (C=O) groups excluding carboxylic acids is 1. The van der Waals surface area contributed by atoms with Crippen LogP contribution in [-0.2, 0) is 17.7 Å². The molecular weight excluding hydrogens is 144 g/mol. The second kappa shape index (κ2) is 2.41. The molecule has 0 radical (unpaired) electrons. The van der Waals surface area contributed by atoms with Crippen LogP contribution >= 0.6 is 0 Å². The molecule has 0 fully saturated rings. The van der Waals surface area contributed by atoms with Crippen molar-refractivity contribution in [2.24, 2.45) is 0 Å². The summed E-state index contributed by atoms with van der Waals surface area (Å²) in [6, 6.07) is 0. The summed E-state index contributed by atoms with van der Waals surface area (Å²) < 4.78 is 31.1. The first kappa shape index (κ1) is 3.42. The van der Waals surface area contributed by atoms with Crippen molar-refractivity contribution in [3.05, 3.63) is 5.82 Å². The molecule has 0 amide bonds. The van der Waals surface area contributed by atoms with Crippen molar-refractivity contribution in [1.82, 2.24) is 20.2 Å². The minimum absolute atomic E-state index is 0.238. The van der Waals surface area contributed by atoms with Gasteiger partial charge in [0.1, 0.15) is 5.78 Å². The van der Waals surface area contributed by atoms with Crippen molar-refractivity contribution in [1.29, 1.82) is 0 Å². The van der Waals surface area contributed by atoms with Gasteiger partial charge in [0.2, 0.25) is 0 Å². The molecule has 5 nitrogen and oxygen atoms in total. The van der Waals surface area contributed by atoms with E-state index in [9.17, 15) is 4.79 Å². The number of carbonyl (C=O) groups is 1. The van der Waals surface area contributed by atoms with E-state index < -0.39 is 31.5 Å². The molecule has 0 atom stereocenters. The molecule has 5 heteroatoms. The van der Waals surface area contributed by atoms with Gasteiger partial charge in [0.25, 0.3) is 0 Å². The van der Waals surface area contributed by atoms with Crippen LogP contribution in [0.1, 0.15) is 24.1 Å². The molecule has 0 saturated heterocycles. The Morgan fingerprint density at radius 3 is 3.36 bits per heavy atom. The zero-order valence-corrected chi connectivity index (χ0v) is 5.61. The Hall–Kier alpha value is -1.26. The lowest BCUT2D eigenvalue weighted by molar-refractivity contribution is -0.119. The van der Waals surface area contributed by atoms with Crippen molar-refractivity contribution >= 4 is 5.78 Å². The van der Waals surface area contributed by atoms with E-state index in [1.54, 1.807) is 0 Å². The van der Waals surface area contributed by atoms with E-state index in [4.69, 9.17) is 5.48 Å². The van der Waals surface area contributed by atoms with Gasteiger partial charge in [0, 0.05) is 22.0 Å². The lowest BCUT2D eigenvalue weighted by Crippen LogP contribution is -2.03. The van der Waals surface area contributed by atoms with Gasteiger partial charge in [0.05, 0.1) is 9.24 Å². The lowest BCUT2D eigenvalue weighted by atomic mass is 10.2. The molecule has 1 aromatic heterocycles. The topological polar surface area (TPSA) is 60.7 Å². The van der Waals surface area contributed by atoms with E-state index in [1.165, 1.54) is 0 Å². The molecule has 1 aromatic rings. The molecule has 1 aliphatic rings. The molecule has 0 aromatic carbocycles. The fraction of sp³-hybridized carbons (Fsp3) is 0.667. The van der Waals surface area contributed by atoms with Crippen LogP contribution in [0.3, 0.4) is 0 Å². The summed E-state index contributed by atoms with van der Waals surface area (Å²) in [6.45, 7) is -2.06. The predicted octanol–water partition coefficient (Wildman–Crippen LogP) is -0.422. The Kier molecular flexibility index (Phi) is 0.750. The molecule has 0 aliphatic carbocycles. The Morgan fingerprint density at radius 2 is 2.45 bits per heavy atom. The average molecular weight is 156 g/mol. The van der Waals surface area contributed by atoms with Gasteiger partial charge < -0.3 is 0 Å². The van der Waals surface area contributed by atoms with Crippen LogP contribution in [-0.4, -0.2) is 26.0 Å². The number of Topliss-reactive ketones (excluding diaryl/α,β-unsaturated/α-hetero) is 1. The van der Waals surface area contributed by atoms with Crippen LogP contribution in [0, 0.1) is 0 Å². The highest BCUT2D eigenvalue weighted by Crippen LogP contribution is 2.06. The first-order valence-corrected chi connectivity index (χ1v) is 3.14. The second-order valence-corrected chi connectivity index (χ2v) is 2.14. The summed E-state index contributed by atoms with van der Waals surface area (Å²) in [7, 11) is 0. The highest BCUT2D eigenvalue weighted by atomic mass is 16.1. The zero-order valence-electron chi connectivity index (χ0n) is 9.61. The van der Waals surface area contributed by atoms with E-state index in [1.807, 2.05) is 0 Å². The van der Waals surface area contributed by atoms with E-state index in [2.05, 4.69) is 15.5 Å². The Labute approximate surface area is 69.0 Å². The number of nitrogens with zero attached hydrogens (tertiary/aromatic N) is 4. The van der Waals surface area contributed by atoms with Gasteiger partial charge in [-0.3, -0.25) is 4.79 Å². The highest BCUT2D eigenvalue weighted by Gasteiger charge is 2.14. The summed E-state index contributed by atoms with van der Waals surface area (Å²) in [6.07, 6.45) is -2.82. The smallest absolute Gasteiger partial charge is 0.151 e. The van der Waals surface area contributed by atoms with Gasteiger partial charge in [-0.05, 0) is 10.4 Å². The third kappa shape index (κ3) is 1.13. The normalized spacial score (nSPS) is 32.2. The van der Waals surface area contributed by atoms with Gasteiger partial charge in [-0.1, -0.05) is 0 Å². The molecule has 0 unspecified atom stereocenters. The van der Waals surface area contributed by atoms with E-state index in [-0.39, 0.29) is 5.82 Å². The maximum absolute atomic E-state index is 11.3. The molecule has 0 bridgehead atoms. The fourth-order valence-corrected chi connectivity index (χ4v) is 0.807. The van der Waals surface area contributed by atoms with E-state index in [0.29, 0.717) is 0 Å². The summed E-state index contributed by atoms with van der Waals surface area (Å²) in [4.78, 5) is 11.3. The molecule has 2 rings (SSSR count). The summed E-state index contributed by atoms with van der Waals surface area (Å²) in [5.74, 6) is -0.726. The number of tetrazole rings is 1. The van der Waals surface area contributed by atoms with Crippen LogP contribution in [0.2, 0.25) is 0 Å². The summed E-state index contributed by atoms with van der Waals surface area (Å²) >= 11 is 0. The lowest BCUT2D eigenvalue weighted by Gasteiger charge is -1.93. The molecule has 0 spiro atoms. The van der Waals surface area contributed by atoms with Crippen molar-refractivity contribution in [2.45, 2.75) is 25.7 Å². The monoisotopic (exact) mass is 156 g/mol. The van der Waals surface area contributed by atoms with Crippen molar-refractivity contribution in [3.63, 3.8) is 0 Å². The SMILES string of the molecule is [2H]C1([2H])CC(=O)CC([2H])([2H])n2nnnc21. The second-order valence-electron chi connectivity index (χ2n) is 2.14. The maximum Gasteiger partial charge on any atom is 0.151 e. The minimum atomic E-state index is -2.06. The predicted molar refractivity (Wildman–Crippen MR) is 35.8 cm³/mol. The third-order valence-electron chi connectivity index (χ3n) is 1.34. The van der Waals surface area contributed by atoms with Gasteiger partial charge in [-0.2, -0.15) is 0 Å². The van der Waals surface area contributed by atoms with Crippen LogP contribution in [0.4, 0.5) is 0 Å². The van der Waals surface area contributed by atoms with Gasteiger partial charge in [-0.15, -0.1) is 5.10 Å². The molecule has 1 aliphatic heterocycles. The number of fused-ring (bicyclic) bond motifs is 1. The highest BCUT2D eigenvalue weighted by molar-refractivity contribution is 5.78. The van der Waals surface area contributed by atoms with Gasteiger partial charge >= 0.3 is 0 Å². The first-order valence-electron chi connectivity index (χ1n) is 5.14. The number of ketones is 1. The summed E-state index contributed by atoms with van der Waals surface area (Å²) in [5.41, 5.74) is 0. The number of rotatable bonds is 0. The number of hydrogen-bond acceptors (Lipinski definition) is 4. The standard InChI is InChI=1S/C6H8N4O/c11-5-1-2-6-7-8-9-10(6)4-3-5/h1-4H2/i2D2,4D2. The molecule has 11 heavy (non-hydrogen) atoms. The third-order valence-corrected chi connectivity index (χ3v) is 1.34. The minimum Gasteiger partial charge on any atom is -0.300 e. The van der Waals surface area contributed by atoms with Crippen molar-refractivity contribution < 1.29 is 10.3 Å². The summed E-state index contributed by atoms with van der Waals surface area (Å²) in [5, 5.41) is 10.1. The van der Waals surface area contributed by atoms with Gasteiger partial charge in [0.15, 0.2) is 5.82 Å². The van der Waals surface area contributed by atoms with Crippen molar-refractivity contribution in [2.75, 3.05) is 0 Å². The number of aromatic nitrogens is 4. The first-order chi connectivity index (χ1) is 6.83. The Bertz CT molecular complexity index is 381. The molecule has 2 heterocycles. The zero-order chi connectivity index (χ0) is 11.3. The van der Waals surface area contributed by atoms with Crippen LogP contribution < -0.4 is 0 Å². The van der Waals surface area contributed by atoms with Crippen LogP contribution in [0.25, 0.3) is 0 Å². The largest absolute Gasteiger partial charge is 0.300 e. The molecule has 58 valence electrons. The van der Waals surface area contributed by atoms with Crippen molar-refractivity contribution in [3.8, 4) is 0 Å². The maximum atomic E-state index is 11.3. The van der Waals surface area contributed by atoms with E-state index >= 15 is 0 Å². The Balaban J connectivity index is 2.60. The molecular formula is C6H8N4O. The van der Waals surface area contributed by atoms with Gasteiger partial charge in [-0.25, -0.2) is 4.68 Å². The van der Waals surface area contributed by atoms with Crippen LogP contribution in [0.15, 0.2) is 0 Å². The van der Waals surface area contributed by atoms with Crippen LogP contribution in [0.5, 0.6) is 0 Å². The molecule has 0 N–H and O–H groups in total. The Morgan fingerprint density at radius 1 is 1.55 bits per heavy atom. The quantitative estimate of drug-likeness (QED) is 0.511.